The molecule has 0 radical (unpaired) electrons. The van der Waals surface area contributed by atoms with E-state index in [4.69, 9.17) is 11.6 Å². The second kappa shape index (κ2) is 7.15. The van der Waals surface area contributed by atoms with E-state index < -0.39 is 17.4 Å². The smallest absolute Gasteiger partial charge is 0.257 e. The van der Waals surface area contributed by atoms with Gasteiger partial charge in [0.25, 0.3) is 5.91 Å². The highest BCUT2D eigenvalue weighted by Gasteiger charge is 2.52. The number of carbonyl (C=O) groups excluding carboxylic acids is 3. The monoisotopic (exact) mass is 415 g/mol. The Kier molecular flexibility index (Phi) is 4.78. The molecule has 0 spiro atoms. The standard InChI is InChI=1S/C21H19ClFN3O3/c1-21-10-8-19(28)26(21)17-5-3-2-4-14(17)20(29)25(21)11-9-18(27)24-16-7-6-13(22)12-15(16)23/h2-7,12H,8-11H2,1H3,(H,24,27). The van der Waals surface area contributed by atoms with E-state index in [2.05, 4.69) is 5.32 Å². The topological polar surface area (TPSA) is 69.7 Å². The molecular weight excluding hydrogens is 397 g/mol. The maximum absolute atomic E-state index is 13.9. The zero-order valence-corrected chi connectivity index (χ0v) is 16.5. The SMILES string of the molecule is CC12CCC(=O)N1c1ccccc1C(=O)N2CCC(=O)Nc1ccc(Cl)cc1F. The fourth-order valence-corrected chi connectivity index (χ4v) is 4.22. The quantitative estimate of drug-likeness (QED) is 0.825. The second-order valence-corrected chi connectivity index (χ2v) is 7.78. The van der Waals surface area contributed by atoms with Crippen LogP contribution in [0.4, 0.5) is 15.8 Å². The summed E-state index contributed by atoms with van der Waals surface area (Å²) >= 11 is 5.72. The molecule has 150 valence electrons. The second-order valence-electron chi connectivity index (χ2n) is 7.34. The van der Waals surface area contributed by atoms with Gasteiger partial charge in [0.1, 0.15) is 11.5 Å². The molecule has 0 bridgehead atoms. The zero-order valence-electron chi connectivity index (χ0n) is 15.7. The summed E-state index contributed by atoms with van der Waals surface area (Å²) in [6.07, 6.45) is 0.781. The van der Waals surface area contributed by atoms with Crippen LogP contribution in [0.3, 0.4) is 0 Å². The van der Waals surface area contributed by atoms with Crippen molar-refractivity contribution in [1.29, 1.82) is 0 Å². The summed E-state index contributed by atoms with van der Waals surface area (Å²) in [6.45, 7) is 1.94. The number of hydrogen-bond acceptors (Lipinski definition) is 3. The fraction of sp³-hybridized carbons (Fsp3) is 0.286. The Morgan fingerprint density at radius 3 is 2.76 bits per heavy atom. The molecule has 2 aliphatic rings. The Morgan fingerprint density at radius 1 is 1.24 bits per heavy atom. The number of halogens is 2. The van der Waals surface area contributed by atoms with Crippen molar-refractivity contribution in [3.8, 4) is 0 Å². The maximum atomic E-state index is 13.9. The molecule has 4 rings (SSSR count). The highest BCUT2D eigenvalue weighted by molar-refractivity contribution is 6.30. The molecule has 0 aliphatic carbocycles. The van der Waals surface area contributed by atoms with Gasteiger partial charge in [-0.2, -0.15) is 0 Å². The van der Waals surface area contributed by atoms with Crippen LogP contribution in [-0.4, -0.2) is 34.8 Å². The molecule has 2 aromatic carbocycles. The molecule has 2 heterocycles. The highest BCUT2D eigenvalue weighted by atomic mass is 35.5. The number of carbonyl (C=O) groups is 3. The van der Waals surface area contributed by atoms with Gasteiger partial charge in [0.15, 0.2) is 0 Å². The van der Waals surface area contributed by atoms with E-state index in [1.54, 1.807) is 34.1 Å². The maximum Gasteiger partial charge on any atom is 0.257 e. The molecule has 3 amide bonds. The number of anilines is 2. The first-order chi connectivity index (χ1) is 13.8. The van der Waals surface area contributed by atoms with E-state index in [9.17, 15) is 18.8 Å². The van der Waals surface area contributed by atoms with Crippen molar-refractivity contribution in [2.24, 2.45) is 0 Å². The molecule has 1 N–H and O–H groups in total. The number of hydrogen-bond donors (Lipinski definition) is 1. The first-order valence-electron chi connectivity index (χ1n) is 9.30. The van der Waals surface area contributed by atoms with Crippen molar-refractivity contribution < 1.29 is 18.8 Å². The molecule has 0 aromatic heterocycles. The van der Waals surface area contributed by atoms with Gasteiger partial charge in [0.05, 0.1) is 16.9 Å². The Labute approximate surface area is 172 Å². The van der Waals surface area contributed by atoms with Gasteiger partial charge in [-0.1, -0.05) is 23.7 Å². The third-order valence-electron chi connectivity index (χ3n) is 5.51. The number of benzene rings is 2. The van der Waals surface area contributed by atoms with Crippen molar-refractivity contribution in [2.75, 3.05) is 16.8 Å². The minimum Gasteiger partial charge on any atom is -0.324 e. The Bertz CT molecular complexity index is 1030. The molecule has 29 heavy (non-hydrogen) atoms. The van der Waals surface area contributed by atoms with Crippen LogP contribution in [0.5, 0.6) is 0 Å². The lowest BCUT2D eigenvalue weighted by Crippen LogP contribution is -2.62. The predicted octanol–water partition coefficient (Wildman–Crippen LogP) is 3.81. The Hall–Kier alpha value is -2.93. The third-order valence-corrected chi connectivity index (χ3v) is 5.75. The lowest BCUT2D eigenvalue weighted by molar-refractivity contribution is -0.117. The van der Waals surface area contributed by atoms with E-state index in [1.807, 2.05) is 6.92 Å². The third kappa shape index (κ3) is 3.25. The molecular formula is C21H19ClFN3O3. The number of nitrogens with one attached hydrogen (secondary N) is 1. The van der Waals surface area contributed by atoms with Crippen LogP contribution < -0.4 is 10.2 Å². The van der Waals surface area contributed by atoms with Crippen LogP contribution in [-0.2, 0) is 9.59 Å². The minimum absolute atomic E-state index is 0.0265. The van der Waals surface area contributed by atoms with Crippen molar-refractivity contribution in [1.82, 2.24) is 4.90 Å². The summed E-state index contributed by atoms with van der Waals surface area (Å²) in [5.41, 5.74) is 0.239. The first kappa shape index (κ1) is 19.4. The van der Waals surface area contributed by atoms with Crippen molar-refractivity contribution in [2.45, 2.75) is 31.8 Å². The molecule has 1 atom stereocenters. The number of amides is 3. The Balaban J connectivity index is 1.54. The van der Waals surface area contributed by atoms with E-state index in [0.29, 0.717) is 24.1 Å². The van der Waals surface area contributed by atoms with E-state index in [-0.39, 0.29) is 35.5 Å². The lowest BCUT2D eigenvalue weighted by atomic mass is 9.98. The summed E-state index contributed by atoms with van der Waals surface area (Å²) in [6, 6.07) is 11.0. The molecule has 8 heteroatoms. The van der Waals surface area contributed by atoms with Gasteiger partial charge in [0.2, 0.25) is 11.8 Å². The van der Waals surface area contributed by atoms with Crippen LogP contribution in [0.15, 0.2) is 42.5 Å². The Morgan fingerprint density at radius 2 is 2.00 bits per heavy atom. The van der Waals surface area contributed by atoms with Crippen LogP contribution in [0, 0.1) is 5.82 Å². The van der Waals surface area contributed by atoms with E-state index >= 15 is 0 Å². The fourth-order valence-electron chi connectivity index (χ4n) is 4.06. The van der Waals surface area contributed by atoms with E-state index in [0.717, 1.165) is 6.07 Å². The van der Waals surface area contributed by atoms with Gasteiger partial charge in [0, 0.05) is 24.4 Å². The summed E-state index contributed by atoms with van der Waals surface area (Å²) in [5.74, 6) is -1.34. The van der Waals surface area contributed by atoms with Crippen LogP contribution >= 0.6 is 11.6 Å². The summed E-state index contributed by atoms with van der Waals surface area (Å²) < 4.78 is 13.9. The predicted molar refractivity (Wildman–Crippen MR) is 107 cm³/mol. The first-order valence-corrected chi connectivity index (χ1v) is 9.68. The average molecular weight is 416 g/mol. The normalized spacial score (nSPS) is 20.5. The molecule has 1 saturated heterocycles. The largest absolute Gasteiger partial charge is 0.324 e. The molecule has 1 fully saturated rings. The van der Waals surface area contributed by atoms with Crippen LogP contribution in [0.2, 0.25) is 5.02 Å². The van der Waals surface area contributed by atoms with Gasteiger partial charge in [-0.05, 0) is 43.7 Å². The van der Waals surface area contributed by atoms with Gasteiger partial charge >= 0.3 is 0 Å². The highest BCUT2D eigenvalue weighted by Crippen LogP contribution is 2.43. The van der Waals surface area contributed by atoms with Crippen LogP contribution in [0.1, 0.15) is 36.5 Å². The summed E-state index contributed by atoms with van der Waals surface area (Å²) in [4.78, 5) is 41.2. The molecule has 0 saturated carbocycles. The van der Waals surface area contributed by atoms with Gasteiger partial charge in [-0.3, -0.25) is 19.3 Å². The van der Waals surface area contributed by atoms with Crippen LogP contribution in [0.25, 0.3) is 0 Å². The molecule has 6 nitrogen and oxygen atoms in total. The van der Waals surface area contributed by atoms with Crippen molar-refractivity contribution in [3.63, 3.8) is 0 Å². The molecule has 1 unspecified atom stereocenters. The number of fused-ring (bicyclic) bond motifs is 3. The zero-order chi connectivity index (χ0) is 20.8. The van der Waals surface area contributed by atoms with Crippen molar-refractivity contribution >= 4 is 40.7 Å². The average Bonchev–Trinajstić information content (AvgIpc) is 2.99. The van der Waals surface area contributed by atoms with Gasteiger partial charge in [-0.15, -0.1) is 0 Å². The lowest BCUT2D eigenvalue weighted by Gasteiger charge is -2.48. The van der Waals surface area contributed by atoms with E-state index in [1.165, 1.54) is 12.1 Å². The van der Waals surface area contributed by atoms with Crippen molar-refractivity contribution in [3.05, 3.63) is 58.9 Å². The number of para-hydroxylation sites is 1. The van der Waals surface area contributed by atoms with Gasteiger partial charge < -0.3 is 10.2 Å². The number of nitrogens with zero attached hydrogens (tertiary/aromatic N) is 2. The number of rotatable bonds is 4. The summed E-state index contributed by atoms with van der Waals surface area (Å²) in [7, 11) is 0. The molecule has 2 aliphatic heterocycles. The minimum atomic E-state index is -0.825. The van der Waals surface area contributed by atoms with Gasteiger partial charge in [-0.25, -0.2) is 4.39 Å². The summed E-state index contributed by atoms with van der Waals surface area (Å²) in [5, 5.41) is 2.73. The molecule has 2 aromatic rings.